The van der Waals surface area contributed by atoms with Gasteiger partial charge in [0.05, 0.1) is 12.2 Å². The van der Waals surface area contributed by atoms with Gasteiger partial charge in [-0.2, -0.15) is 5.10 Å². The monoisotopic (exact) mass is 296 g/mol. The smallest absolute Gasteiger partial charge is 0.326 e. The van der Waals surface area contributed by atoms with Crippen LogP contribution in [0.3, 0.4) is 0 Å². The third-order valence-corrected chi connectivity index (χ3v) is 3.32. The van der Waals surface area contributed by atoms with Crippen molar-refractivity contribution in [1.82, 2.24) is 20.4 Å². The molecule has 21 heavy (non-hydrogen) atoms. The number of carboxylic acids is 1. The second-order valence-corrected chi connectivity index (χ2v) is 5.05. The van der Waals surface area contributed by atoms with Crippen molar-refractivity contribution in [1.29, 1.82) is 0 Å². The first kappa shape index (κ1) is 17.0. The van der Waals surface area contributed by atoms with Gasteiger partial charge in [-0.05, 0) is 25.8 Å². The van der Waals surface area contributed by atoms with E-state index < -0.39 is 18.0 Å². The summed E-state index contributed by atoms with van der Waals surface area (Å²) in [5.74, 6) is -1.02. The molecule has 1 aromatic heterocycles. The fraction of sp³-hybridized carbons (Fsp3) is 0.643. The zero-order valence-corrected chi connectivity index (χ0v) is 12.8. The zero-order chi connectivity index (χ0) is 15.8. The second-order valence-electron chi connectivity index (χ2n) is 5.05. The van der Waals surface area contributed by atoms with Crippen LogP contribution in [0.15, 0.2) is 12.3 Å². The van der Waals surface area contributed by atoms with Crippen molar-refractivity contribution in [2.75, 3.05) is 0 Å². The molecule has 0 radical (unpaired) electrons. The molecule has 7 nitrogen and oxygen atoms in total. The summed E-state index contributed by atoms with van der Waals surface area (Å²) in [6.07, 6.45) is 3.95. The molecule has 0 saturated carbocycles. The van der Waals surface area contributed by atoms with Crippen LogP contribution < -0.4 is 10.6 Å². The van der Waals surface area contributed by atoms with E-state index >= 15 is 0 Å². The molecule has 0 aliphatic rings. The maximum absolute atomic E-state index is 11.7. The molecule has 2 atom stereocenters. The minimum absolute atomic E-state index is 0.272. The molecule has 0 fully saturated rings. The van der Waals surface area contributed by atoms with Crippen LogP contribution in [0.2, 0.25) is 0 Å². The molecular formula is C14H24N4O3. The first-order chi connectivity index (χ1) is 9.97. The largest absolute Gasteiger partial charge is 0.480 e. The normalized spacial score (nSPS) is 13.5. The molecule has 0 saturated heterocycles. The van der Waals surface area contributed by atoms with E-state index in [0.29, 0.717) is 18.9 Å². The standard InChI is InChI=1S/C14H24N4O3/c1-4-6-12(13(19)20)16-14(21)15-9-11-7-8-18(17-11)10(3)5-2/h7-8,10,12H,4-6,9H2,1-3H3,(H,19,20)(H2,15,16,21). The van der Waals surface area contributed by atoms with E-state index in [1.807, 2.05) is 23.9 Å². The lowest BCUT2D eigenvalue weighted by Crippen LogP contribution is -2.45. The third kappa shape index (κ3) is 5.45. The van der Waals surface area contributed by atoms with Gasteiger partial charge in [-0.3, -0.25) is 4.68 Å². The molecule has 1 rings (SSSR count). The Morgan fingerprint density at radius 3 is 2.71 bits per heavy atom. The number of aromatic nitrogens is 2. The van der Waals surface area contributed by atoms with Gasteiger partial charge in [-0.15, -0.1) is 0 Å². The predicted octanol–water partition coefficient (Wildman–Crippen LogP) is 1.91. The first-order valence-electron chi connectivity index (χ1n) is 7.29. The van der Waals surface area contributed by atoms with Crippen molar-refractivity contribution in [2.45, 2.75) is 58.7 Å². The van der Waals surface area contributed by atoms with Gasteiger partial charge >= 0.3 is 12.0 Å². The van der Waals surface area contributed by atoms with Crippen LogP contribution in [0.4, 0.5) is 4.79 Å². The van der Waals surface area contributed by atoms with Crippen LogP contribution in [0, 0.1) is 0 Å². The molecule has 2 amide bonds. The van der Waals surface area contributed by atoms with Gasteiger partial charge < -0.3 is 15.7 Å². The molecule has 1 heterocycles. The maximum atomic E-state index is 11.7. The Hall–Kier alpha value is -2.05. The summed E-state index contributed by atoms with van der Waals surface area (Å²) >= 11 is 0. The molecule has 118 valence electrons. The van der Waals surface area contributed by atoms with Crippen LogP contribution in [0.5, 0.6) is 0 Å². The van der Waals surface area contributed by atoms with Crippen LogP contribution >= 0.6 is 0 Å². The number of hydrogen-bond donors (Lipinski definition) is 3. The number of hydrogen-bond acceptors (Lipinski definition) is 3. The van der Waals surface area contributed by atoms with E-state index in [4.69, 9.17) is 5.11 Å². The lowest BCUT2D eigenvalue weighted by atomic mass is 10.2. The summed E-state index contributed by atoms with van der Waals surface area (Å²) in [5.41, 5.74) is 0.743. The van der Waals surface area contributed by atoms with Gasteiger partial charge in [0.2, 0.25) is 0 Å². The van der Waals surface area contributed by atoms with Crippen molar-refractivity contribution < 1.29 is 14.7 Å². The quantitative estimate of drug-likeness (QED) is 0.682. The molecule has 0 spiro atoms. The molecule has 0 aromatic carbocycles. The topological polar surface area (TPSA) is 96.3 Å². The van der Waals surface area contributed by atoms with E-state index in [1.165, 1.54) is 0 Å². The summed E-state index contributed by atoms with van der Waals surface area (Å²) in [6, 6.07) is 0.808. The maximum Gasteiger partial charge on any atom is 0.326 e. The number of carbonyl (C=O) groups excluding carboxylic acids is 1. The number of nitrogens with zero attached hydrogens (tertiary/aromatic N) is 2. The minimum Gasteiger partial charge on any atom is -0.480 e. The molecule has 7 heteroatoms. The van der Waals surface area contributed by atoms with E-state index in [-0.39, 0.29) is 6.54 Å². The fourth-order valence-corrected chi connectivity index (χ4v) is 1.83. The van der Waals surface area contributed by atoms with E-state index in [9.17, 15) is 9.59 Å². The highest BCUT2D eigenvalue weighted by Crippen LogP contribution is 2.08. The Labute approximate surface area is 124 Å². The minimum atomic E-state index is -1.02. The Balaban J connectivity index is 2.45. The van der Waals surface area contributed by atoms with Crippen molar-refractivity contribution in [3.05, 3.63) is 18.0 Å². The Kier molecular flexibility index (Phi) is 6.71. The number of amides is 2. The van der Waals surface area contributed by atoms with Crippen molar-refractivity contribution in [3.8, 4) is 0 Å². The summed E-state index contributed by atoms with van der Waals surface area (Å²) in [7, 11) is 0. The highest BCUT2D eigenvalue weighted by atomic mass is 16.4. The SMILES string of the molecule is CCCC(NC(=O)NCc1ccn(C(C)CC)n1)C(=O)O. The lowest BCUT2D eigenvalue weighted by molar-refractivity contribution is -0.139. The average Bonchev–Trinajstić information content (AvgIpc) is 2.92. The Bertz CT molecular complexity index is 473. The summed E-state index contributed by atoms with van der Waals surface area (Å²) in [6.45, 7) is 6.29. The number of urea groups is 1. The number of carboxylic acid groups (broad SMARTS) is 1. The Morgan fingerprint density at radius 1 is 1.43 bits per heavy atom. The van der Waals surface area contributed by atoms with Crippen LogP contribution in [-0.4, -0.2) is 32.9 Å². The summed E-state index contributed by atoms with van der Waals surface area (Å²) < 4.78 is 1.85. The van der Waals surface area contributed by atoms with Crippen molar-refractivity contribution in [2.24, 2.45) is 0 Å². The average molecular weight is 296 g/mol. The van der Waals surface area contributed by atoms with Gasteiger partial charge in [-0.1, -0.05) is 20.3 Å². The zero-order valence-electron chi connectivity index (χ0n) is 12.8. The van der Waals surface area contributed by atoms with Gasteiger partial charge in [-0.25, -0.2) is 9.59 Å². The molecular weight excluding hydrogens is 272 g/mol. The molecule has 0 aliphatic heterocycles. The van der Waals surface area contributed by atoms with Crippen molar-refractivity contribution >= 4 is 12.0 Å². The van der Waals surface area contributed by atoms with Gasteiger partial charge in [0, 0.05) is 12.2 Å². The van der Waals surface area contributed by atoms with E-state index in [1.54, 1.807) is 0 Å². The number of nitrogens with one attached hydrogen (secondary N) is 2. The van der Waals surface area contributed by atoms with Gasteiger partial charge in [0.1, 0.15) is 6.04 Å². The fourth-order valence-electron chi connectivity index (χ4n) is 1.83. The number of carbonyl (C=O) groups is 2. The summed E-state index contributed by atoms with van der Waals surface area (Å²) in [5, 5.41) is 18.4. The van der Waals surface area contributed by atoms with E-state index in [2.05, 4.69) is 29.6 Å². The number of rotatable bonds is 8. The highest BCUT2D eigenvalue weighted by molar-refractivity contribution is 5.82. The van der Waals surface area contributed by atoms with Gasteiger partial charge in [0.15, 0.2) is 0 Å². The van der Waals surface area contributed by atoms with E-state index in [0.717, 1.165) is 12.1 Å². The Morgan fingerprint density at radius 2 is 2.14 bits per heavy atom. The number of aliphatic carboxylic acids is 1. The van der Waals surface area contributed by atoms with Crippen LogP contribution in [0.1, 0.15) is 51.8 Å². The van der Waals surface area contributed by atoms with Crippen LogP contribution in [-0.2, 0) is 11.3 Å². The second kappa shape index (κ2) is 8.28. The molecule has 3 N–H and O–H groups in total. The highest BCUT2D eigenvalue weighted by Gasteiger charge is 2.18. The third-order valence-electron chi connectivity index (χ3n) is 3.32. The van der Waals surface area contributed by atoms with Gasteiger partial charge in [0.25, 0.3) is 0 Å². The van der Waals surface area contributed by atoms with Crippen LogP contribution in [0.25, 0.3) is 0 Å². The van der Waals surface area contributed by atoms with Crippen molar-refractivity contribution in [3.63, 3.8) is 0 Å². The lowest BCUT2D eigenvalue weighted by Gasteiger charge is -2.13. The molecule has 2 unspecified atom stereocenters. The molecule has 0 aliphatic carbocycles. The molecule has 0 bridgehead atoms. The predicted molar refractivity (Wildman–Crippen MR) is 78.9 cm³/mol. The molecule has 1 aromatic rings. The summed E-state index contributed by atoms with van der Waals surface area (Å²) in [4.78, 5) is 22.6. The first-order valence-corrected chi connectivity index (χ1v) is 7.29.